The number of ether oxygens (including phenoxy) is 1. The number of Topliss-reactive ketones (excluding diaryl/α,β-unsaturated/α-hetero) is 1. The number of hydrogen-bond acceptors (Lipinski definition) is 11. The molecule has 0 radical (unpaired) electrons. The van der Waals surface area contributed by atoms with E-state index in [2.05, 4.69) is 4.84 Å². The zero-order valence-electron chi connectivity index (χ0n) is 13.4. The standard InChI is InChI=1S/C13H21NO11/c1-4(16)7-10(20)8(14-25-5(2)17)11(9(19)6(18)3-15)24-13(7,23)12(21)22/h6-11,14-15,18-20,23H,3H2,1-2H3,(H,21,22)/t6-,7?,8-,9-,10+,11-,13?/m1/s1. The highest BCUT2D eigenvalue weighted by Crippen LogP contribution is 2.36. The van der Waals surface area contributed by atoms with Crippen LogP contribution in [0.2, 0.25) is 0 Å². The van der Waals surface area contributed by atoms with Crippen LogP contribution in [-0.4, -0.2) is 91.2 Å². The van der Waals surface area contributed by atoms with Crippen molar-refractivity contribution in [1.82, 2.24) is 5.48 Å². The molecule has 0 saturated carbocycles. The van der Waals surface area contributed by atoms with Crippen molar-refractivity contribution < 1.29 is 54.6 Å². The number of aliphatic carboxylic acids is 1. The number of aliphatic hydroxyl groups is 5. The molecule has 2 unspecified atom stereocenters. The van der Waals surface area contributed by atoms with E-state index in [1.165, 1.54) is 0 Å². The third-order valence-corrected chi connectivity index (χ3v) is 3.80. The quantitative estimate of drug-likeness (QED) is 0.214. The second kappa shape index (κ2) is 8.14. The van der Waals surface area contributed by atoms with E-state index in [9.17, 15) is 39.9 Å². The summed E-state index contributed by atoms with van der Waals surface area (Å²) in [5, 5.41) is 58.2. The summed E-state index contributed by atoms with van der Waals surface area (Å²) in [6.45, 7) is 0.930. The van der Waals surface area contributed by atoms with Crippen molar-refractivity contribution in [3.63, 3.8) is 0 Å². The van der Waals surface area contributed by atoms with Crippen LogP contribution in [-0.2, 0) is 24.0 Å². The van der Waals surface area contributed by atoms with Gasteiger partial charge in [0, 0.05) is 6.92 Å². The number of carboxylic acids is 1. The van der Waals surface area contributed by atoms with Gasteiger partial charge in [0.1, 0.15) is 30.0 Å². The van der Waals surface area contributed by atoms with Gasteiger partial charge in [0.2, 0.25) is 0 Å². The second-order valence-corrected chi connectivity index (χ2v) is 5.64. The number of hydrogen-bond donors (Lipinski definition) is 7. The fourth-order valence-corrected chi connectivity index (χ4v) is 2.58. The van der Waals surface area contributed by atoms with Crippen molar-refractivity contribution in [3.8, 4) is 0 Å². The summed E-state index contributed by atoms with van der Waals surface area (Å²) in [6, 6.07) is -1.60. The normalized spacial score (nSPS) is 34.8. The molecule has 0 bridgehead atoms. The Morgan fingerprint density at radius 2 is 1.84 bits per heavy atom. The number of hydroxylamine groups is 1. The highest BCUT2D eigenvalue weighted by atomic mass is 16.7. The lowest BCUT2D eigenvalue weighted by atomic mass is 9.79. The van der Waals surface area contributed by atoms with Crippen LogP contribution < -0.4 is 5.48 Å². The van der Waals surface area contributed by atoms with Gasteiger partial charge in [-0.3, -0.25) is 9.59 Å². The zero-order valence-corrected chi connectivity index (χ0v) is 13.4. The van der Waals surface area contributed by atoms with Crippen LogP contribution in [0.25, 0.3) is 0 Å². The van der Waals surface area contributed by atoms with Crippen molar-refractivity contribution >= 4 is 17.7 Å². The number of carbonyl (C=O) groups excluding carboxylic acids is 2. The minimum Gasteiger partial charge on any atom is -0.477 e. The highest BCUT2D eigenvalue weighted by Gasteiger charge is 2.62. The third-order valence-electron chi connectivity index (χ3n) is 3.80. The predicted octanol–water partition coefficient (Wildman–Crippen LogP) is -4.13. The van der Waals surface area contributed by atoms with Crippen LogP contribution in [0.4, 0.5) is 0 Å². The Hall–Kier alpha value is -1.67. The molecule has 1 heterocycles. The minimum atomic E-state index is -3.22. The van der Waals surface area contributed by atoms with Gasteiger partial charge in [0.15, 0.2) is 0 Å². The molecular weight excluding hydrogens is 346 g/mol. The molecule has 0 aromatic carbocycles. The molecule has 0 spiro atoms. The fourth-order valence-electron chi connectivity index (χ4n) is 2.58. The van der Waals surface area contributed by atoms with Crippen molar-refractivity contribution in [1.29, 1.82) is 0 Å². The van der Waals surface area contributed by atoms with Gasteiger partial charge in [-0.05, 0) is 6.92 Å². The van der Waals surface area contributed by atoms with E-state index in [1.807, 2.05) is 5.48 Å². The Kier molecular flexibility index (Phi) is 6.96. The maximum atomic E-state index is 11.7. The highest BCUT2D eigenvalue weighted by molar-refractivity contribution is 5.88. The van der Waals surface area contributed by atoms with Gasteiger partial charge in [-0.15, -0.1) is 5.48 Å². The van der Waals surface area contributed by atoms with E-state index in [4.69, 9.17) is 9.84 Å². The third kappa shape index (κ3) is 4.30. The Morgan fingerprint density at radius 1 is 1.28 bits per heavy atom. The molecule has 1 aliphatic rings. The Balaban J connectivity index is 3.31. The molecule has 1 saturated heterocycles. The van der Waals surface area contributed by atoms with Crippen molar-refractivity contribution in [3.05, 3.63) is 0 Å². The predicted molar refractivity (Wildman–Crippen MR) is 75.4 cm³/mol. The molecule has 1 rings (SSSR count). The first-order chi connectivity index (χ1) is 11.5. The Labute approximate surface area is 141 Å². The van der Waals surface area contributed by atoms with E-state index in [0.717, 1.165) is 13.8 Å². The molecule has 0 aromatic rings. The van der Waals surface area contributed by atoms with E-state index < -0.39 is 66.5 Å². The van der Waals surface area contributed by atoms with Gasteiger partial charge < -0.3 is 40.2 Å². The van der Waals surface area contributed by atoms with Gasteiger partial charge in [-0.25, -0.2) is 4.79 Å². The summed E-state index contributed by atoms with van der Waals surface area (Å²) in [5.41, 5.74) is 2.01. The van der Waals surface area contributed by atoms with Crippen molar-refractivity contribution in [2.75, 3.05) is 6.61 Å². The monoisotopic (exact) mass is 367 g/mol. The fraction of sp³-hybridized carbons (Fsp3) is 0.769. The van der Waals surface area contributed by atoms with Crippen molar-refractivity contribution in [2.45, 2.75) is 50.1 Å². The minimum absolute atomic E-state index is 0.874. The second-order valence-electron chi connectivity index (χ2n) is 5.64. The van der Waals surface area contributed by atoms with Gasteiger partial charge in [0.25, 0.3) is 5.79 Å². The molecule has 0 amide bonds. The molecule has 1 fully saturated rings. The number of aliphatic hydroxyl groups excluding tert-OH is 4. The van der Waals surface area contributed by atoms with Crippen molar-refractivity contribution in [2.24, 2.45) is 5.92 Å². The average Bonchev–Trinajstić information content (AvgIpc) is 2.51. The molecule has 12 heteroatoms. The van der Waals surface area contributed by atoms with E-state index in [1.54, 1.807) is 0 Å². The summed E-state index contributed by atoms with van der Waals surface area (Å²) in [4.78, 5) is 38.5. The van der Waals surface area contributed by atoms with Gasteiger partial charge in [0.05, 0.1) is 18.8 Å². The molecule has 12 nitrogen and oxygen atoms in total. The summed E-state index contributed by atoms with van der Waals surface area (Å²) in [6.07, 6.45) is -7.71. The summed E-state index contributed by atoms with van der Waals surface area (Å²) < 4.78 is 4.91. The van der Waals surface area contributed by atoms with E-state index in [0.29, 0.717) is 0 Å². The van der Waals surface area contributed by atoms with Gasteiger partial charge in [-0.2, -0.15) is 0 Å². The largest absolute Gasteiger partial charge is 0.477 e. The first kappa shape index (κ1) is 21.4. The SMILES string of the molecule is CC(=O)ON[C@H]1[C@H]([C@H](O)[C@H](O)CO)OC(O)(C(=O)O)C(C(C)=O)[C@@H]1O. The molecule has 7 N–H and O–H groups in total. The first-order valence-corrected chi connectivity index (χ1v) is 7.19. The number of carbonyl (C=O) groups is 3. The molecule has 0 aromatic heterocycles. The maximum absolute atomic E-state index is 11.7. The summed E-state index contributed by atoms with van der Waals surface area (Å²) in [5.74, 6) is -9.06. The Morgan fingerprint density at radius 3 is 2.24 bits per heavy atom. The van der Waals surface area contributed by atoms with Crippen LogP contribution in [0.5, 0.6) is 0 Å². The van der Waals surface area contributed by atoms with Crippen LogP contribution >= 0.6 is 0 Å². The summed E-state index contributed by atoms with van der Waals surface area (Å²) >= 11 is 0. The number of carboxylic acid groups (broad SMARTS) is 1. The molecule has 1 aliphatic heterocycles. The summed E-state index contributed by atoms with van der Waals surface area (Å²) in [7, 11) is 0. The van der Waals surface area contributed by atoms with E-state index >= 15 is 0 Å². The molecular formula is C13H21NO11. The van der Waals surface area contributed by atoms with Crippen LogP contribution in [0.3, 0.4) is 0 Å². The maximum Gasteiger partial charge on any atom is 0.365 e. The Bertz CT molecular complexity index is 526. The number of rotatable bonds is 7. The van der Waals surface area contributed by atoms with E-state index in [-0.39, 0.29) is 0 Å². The lowest BCUT2D eigenvalue weighted by Gasteiger charge is -2.47. The molecule has 0 aliphatic carbocycles. The zero-order chi connectivity index (χ0) is 19.5. The van der Waals surface area contributed by atoms with Crippen LogP contribution in [0, 0.1) is 5.92 Å². The smallest absolute Gasteiger partial charge is 0.365 e. The van der Waals surface area contributed by atoms with Crippen LogP contribution in [0.1, 0.15) is 13.8 Å². The van der Waals surface area contributed by atoms with Crippen LogP contribution in [0.15, 0.2) is 0 Å². The topological polar surface area (TPSA) is 203 Å². The average molecular weight is 367 g/mol. The molecule has 144 valence electrons. The lowest BCUT2D eigenvalue weighted by Crippen LogP contribution is -2.72. The molecule has 7 atom stereocenters. The van der Waals surface area contributed by atoms with Gasteiger partial charge >= 0.3 is 11.9 Å². The van der Waals surface area contributed by atoms with Gasteiger partial charge in [-0.1, -0.05) is 0 Å². The number of nitrogens with one attached hydrogen (secondary N) is 1. The lowest BCUT2D eigenvalue weighted by molar-refractivity contribution is -0.319. The first-order valence-electron chi connectivity index (χ1n) is 7.19. The molecule has 25 heavy (non-hydrogen) atoms. The number of ketones is 1.